The Morgan fingerprint density at radius 1 is 1.11 bits per heavy atom. The molecule has 2 nitrogen and oxygen atoms in total. The summed E-state index contributed by atoms with van der Waals surface area (Å²) in [7, 11) is 0. The maximum atomic E-state index is 5.87. The van der Waals surface area contributed by atoms with Gasteiger partial charge in [-0.1, -0.05) is 53.7 Å². The molecule has 19 heavy (non-hydrogen) atoms. The summed E-state index contributed by atoms with van der Waals surface area (Å²) in [5, 5.41) is 0. The number of hydrogen-bond acceptors (Lipinski definition) is 2. The summed E-state index contributed by atoms with van der Waals surface area (Å²) < 4.78 is 11.5. The molecule has 1 fully saturated rings. The van der Waals surface area contributed by atoms with Gasteiger partial charge in [-0.3, -0.25) is 0 Å². The van der Waals surface area contributed by atoms with E-state index in [0.717, 1.165) is 5.75 Å². The maximum absolute atomic E-state index is 5.87. The predicted octanol–water partition coefficient (Wildman–Crippen LogP) is 4.18. The van der Waals surface area contributed by atoms with E-state index >= 15 is 0 Å². The molecule has 0 amide bonds. The predicted molar refractivity (Wildman–Crippen MR) is 78.8 cm³/mol. The third-order valence-corrected chi connectivity index (χ3v) is 3.55. The van der Waals surface area contributed by atoms with E-state index in [1.54, 1.807) is 0 Å². The lowest BCUT2D eigenvalue weighted by atomic mass is 9.87. The molecule has 1 aliphatic rings. The van der Waals surface area contributed by atoms with Crippen LogP contribution in [0.4, 0.5) is 0 Å². The monoisotopic (exact) mass is 262 g/mol. The average molecular weight is 262 g/mol. The SMILES string of the molecule is CC(C)(C)c1cccc(OCC2OC2C(C)(C)C)c1. The number of ether oxygens (including phenoxy) is 2. The van der Waals surface area contributed by atoms with E-state index in [1.165, 1.54) is 5.56 Å². The van der Waals surface area contributed by atoms with E-state index < -0.39 is 0 Å². The van der Waals surface area contributed by atoms with Crippen LogP contribution in [-0.4, -0.2) is 18.8 Å². The van der Waals surface area contributed by atoms with Crippen molar-refractivity contribution >= 4 is 0 Å². The second kappa shape index (κ2) is 4.82. The minimum atomic E-state index is 0.156. The van der Waals surface area contributed by atoms with Crippen LogP contribution in [-0.2, 0) is 10.2 Å². The van der Waals surface area contributed by atoms with Crippen LogP contribution in [0.1, 0.15) is 47.1 Å². The molecular weight excluding hydrogens is 236 g/mol. The molecule has 0 spiro atoms. The Morgan fingerprint density at radius 3 is 2.32 bits per heavy atom. The van der Waals surface area contributed by atoms with Crippen molar-refractivity contribution in [1.29, 1.82) is 0 Å². The fourth-order valence-electron chi connectivity index (χ4n) is 2.26. The van der Waals surface area contributed by atoms with Crippen molar-refractivity contribution in [3.8, 4) is 5.75 Å². The molecule has 2 heteroatoms. The molecule has 1 aromatic rings. The number of rotatable bonds is 3. The van der Waals surface area contributed by atoms with Gasteiger partial charge in [-0.05, 0) is 28.5 Å². The Morgan fingerprint density at radius 2 is 1.79 bits per heavy atom. The second-order valence-corrected chi connectivity index (χ2v) is 7.55. The summed E-state index contributed by atoms with van der Waals surface area (Å²) in [6.07, 6.45) is 0.580. The molecule has 2 atom stereocenters. The van der Waals surface area contributed by atoms with Crippen molar-refractivity contribution in [1.82, 2.24) is 0 Å². The fourth-order valence-corrected chi connectivity index (χ4v) is 2.26. The van der Waals surface area contributed by atoms with Crippen molar-refractivity contribution < 1.29 is 9.47 Å². The quantitative estimate of drug-likeness (QED) is 0.762. The zero-order valence-corrected chi connectivity index (χ0v) is 13.0. The minimum Gasteiger partial charge on any atom is -0.491 e. The molecule has 0 aliphatic carbocycles. The van der Waals surface area contributed by atoms with Crippen LogP contribution in [0.25, 0.3) is 0 Å². The van der Waals surface area contributed by atoms with Crippen LogP contribution in [0.2, 0.25) is 0 Å². The third kappa shape index (κ3) is 3.73. The summed E-state index contributed by atoms with van der Waals surface area (Å²) in [5.74, 6) is 0.940. The van der Waals surface area contributed by atoms with E-state index in [4.69, 9.17) is 9.47 Å². The normalized spacial score (nSPS) is 23.3. The Bertz CT molecular complexity index is 437. The summed E-state index contributed by atoms with van der Waals surface area (Å²) >= 11 is 0. The first kappa shape index (κ1) is 14.4. The highest BCUT2D eigenvalue weighted by molar-refractivity contribution is 5.32. The van der Waals surface area contributed by atoms with Crippen molar-refractivity contribution in [3.63, 3.8) is 0 Å². The van der Waals surface area contributed by atoms with E-state index in [0.29, 0.717) is 12.7 Å². The number of benzene rings is 1. The molecule has 0 N–H and O–H groups in total. The molecule has 0 radical (unpaired) electrons. The van der Waals surface area contributed by atoms with Gasteiger partial charge in [-0.2, -0.15) is 0 Å². The van der Waals surface area contributed by atoms with Gasteiger partial charge >= 0.3 is 0 Å². The Balaban J connectivity index is 1.91. The first-order valence-corrected chi connectivity index (χ1v) is 7.07. The van der Waals surface area contributed by atoms with Crippen molar-refractivity contribution in [2.75, 3.05) is 6.61 Å². The molecule has 1 aliphatic heterocycles. The number of epoxide rings is 1. The van der Waals surface area contributed by atoms with Crippen LogP contribution in [0.3, 0.4) is 0 Å². The Labute approximate surface area is 117 Å². The molecule has 2 rings (SSSR count). The molecule has 2 unspecified atom stereocenters. The second-order valence-electron chi connectivity index (χ2n) is 7.55. The summed E-state index contributed by atoms with van der Waals surface area (Å²) in [5.41, 5.74) is 1.67. The lowest BCUT2D eigenvalue weighted by Gasteiger charge is -2.19. The van der Waals surface area contributed by atoms with Gasteiger partial charge in [0.1, 0.15) is 18.5 Å². The first-order chi connectivity index (χ1) is 8.68. The molecule has 0 aromatic heterocycles. The van der Waals surface area contributed by atoms with Gasteiger partial charge in [-0.25, -0.2) is 0 Å². The van der Waals surface area contributed by atoms with Gasteiger partial charge in [0.2, 0.25) is 0 Å². The highest BCUT2D eigenvalue weighted by Gasteiger charge is 2.47. The molecule has 1 aromatic carbocycles. The maximum Gasteiger partial charge on any atom is 0.119 e. The van der Waals surface area contributed by atoms with Gasteiger partial charge in [0, 0.05) is 0 Å². The molecule has 1 saturated heterocycles. The zero-order valence-electron chi connectivity index (χ0n) is 13.0. The van der Waals surface area contributed by atoms with Gasteiger partial charge in [0.25, 0.3) is 0 Å². The summed E-state index contributed by atoms with van der Waals surface area (Å²) in [6.45, 7) is 13.9. The van der Waals surface area contributed by atoms with E-state index in [2.05, 4.69) is 59.7 Å². The topological polar surface area (TPSA) is 21.8 Å². The van der Waals surface area contributed by atoms with Crippen molar-refractivity contribution in [2.45, 2.75) is 59.2 Å². The highest BCUT2D eigenvalue weighted by atomic mass is 16.6. The summed E-state index contributed by atoms with van der Waals surface area (Å²) in [6, 6.07) is 8.36. The lowest BCUT2D eigenvalue weighted by Crippen LogP contribution is -2.19. The number of hydrogen-bond donors (Lipinski definition) is 0. The van der Waals surface area contributed by atoms with Gasteiger partial charge < -0.3 is 9.47 Å². The lowest BCUT2D eigenvalue weighted by molar-refractivity contribution is 0.240. The largest absolute Gasteiger partial charge is 0.491 e. The molecule has 106 valence electrons. The Hall–Kier alpha value is -1.02. The standard InChI is InChI=1S/C17H26O2/c1-16(2,3)12-8-7-9-13(10-12)18-11-14-15(19-14)17(4,5)6/h7-10,14-15H,11H2,1-6H3. The fraction of sp³-hybridized carbons (Fsp3) is 0.647. The van der Waals surface area contributed by atoms with Crippen molar-refractivity contribution in [3.05, 3.63) is 29.8 Å². The molecule has 0 bridgehead atoms. The van der Waals surface area contributed by atoms with Crippen molar-refractivity contribution in [2.24, 2.45) is 5.41 Å². The van der Waals surface area contributed by atoms with Gasteiger partial charge in [0.15, 0.2) is 0 Å². The van der Waals surface area contributed by atoms with E-state index in [9.17, 15) is 0 Å². The Kier molecular flexibility index (Phi) is 3.65. The van der Waals surface area contributed by atoms with E-state index in [1.807, 2.05) is 6.07 Å². The molecular formula is C17H26O2. The highest BCUT2D eigenvalue weighted by Crippen LogP contribution is 2.38. The van der Waals surface area contributed by atoms with Crippen LogP contribution in [0.15, 0.2) is 24.3 Å². The summed E-state index contributed by atoms with van der Waals surface area (Å²) in [4.78, 5) is 0. The molecule has 1 heterocycles. The smallest absolute Gasteiger partial charge is 0.119 e. The minimum absolute atomic E-state index is 0.156. The van der Waals surface area contributed by atoms with Crippen LogP contribution in [0.5, 0.6) is 5.75 Å². The zero-order chi connectivity index (χ0) is 14.3. The van der Waals surface area contributed by atoms with Crippen LogP contribution in [0, 0.1) is 5.41 Å². The van der Waals surface area contributed by atoms with Gasteiger partial charge in [0.05, 0.1) is 6.10 Å². The third-order valence-electron chi connectivity index (χ3n) is 3.55. The average Bonchev–Trinajstić information content (AvgIpc) is 3.04. The first-order valence-electron chi connectivity index (χ1n) is 7.07. The molecule has 0 saturated carbocycles. The van der Waals surface area contributed by atoms with Crippen LogP contribution >= 0.6 is 0 Å². The van der Waals surface area contributed by atoms with Gasteiger partial charge in [-0.15, -0.1) is 0 Å². The van der Waals surface area contributed by atoms with Crippen LogP contribution < -0.4 is 4.74 Å². The van der Waals surface area contributed by atoms with E-state index in [-0.39, 0.29) is 16.9 Å².